The number of carbonyl (C=O) groups excluding carboxylic acids is 1. The van der Waals surface area contributed by atoms with Gasteiger partial charge in [0.15, 0.2) is 5.82 Å². The van der Waals surface area contributed by atoms with Crippen LogP contribution in [0.4, 0.5) is 17.2 Å². The molecule has 0 unspecified atom stereocenters. The number of aromatic nitrogens is 1. The number of nitrogens with two attached hydrogens (primary N) is 2. The Morgan fingerprint density at radius 3 is 2.70 bits per heavy atom. The molecule has 1 saturated heterocycles. The fourth-order valence-corrected chi connectivity index (χ4v) is 4.25. The van der Waals surface area contributed by atoms with E-state index in [9.17, 15) is 4.79 Å². The lowest BCUT2D eigenvalue weighted by molar-refractivity contribution is -0.134. The van der Waals surface area contributed by atoms with Crippen LogP contribution >= 0.6 is 0 Å². The minimum atomic E-state index is 0.0993. The first-order valence-electron chi connectivity index (χ1n) is 10.7. The molecule has 4 N–H and O–H groups in total. The minimum Gasteiger partial charge on any atom is -0.399 e. The number of ether oxygens (including phenoxy) is 1. The third-order valence-electron chi connectivity index (χ3n) is 5.99. The van der Waals surface area contributed by atoms with Crippen molar-refractivity contribution in [3.05, 3.63) is 36.0 Å². The molecule has 0 radical (unpaired) electrons. The van der Waals surface area contributed by atoms with Gasteiger partial charge in [-0.05, 0) is 43.5 Å². The summed E-state index contributed by atoms with van der Waals surface area (Å²) in [5.41, 5.74) is 17.1. The number of piperazine rings is 1. The molecule has 1 aromatic carbocycles. The van der Waals surface area contributed by atoms with Crippen LogP contribution in [0.1, 0.15) is 37.8 Å². The molecular weight excluding hydrogens is 378 g/mol. The first-order valence-corrected chi connectivity index (χ1v) is 10.7. The molecule has 1 aromatic heterocycles. The van der Waals surface area contributed by atoms with Crippen molar-refractivity contribution in [2.45, 2.75) is 38.1 Å². The highest BCUT2D eigenvalue weighted by Gasteiger charge is 2.32. The summed E-state index contributed by atoms with van der Waals surface area (Å²) in [6.07, 6.45) is 2.73. The zero-order valence-electron chi connectivity index (χ0n) is 17.8. The molecule has 1 aliphatic heterocycles. The zero-order chi connectivity index (χ0) is 21.3. The molecular formula is C23H31N5O2. The van der Waals surface area contributed by atoms with Gasteiger partial charge in [-0.2, -0.15) is 0 Å². The van der Waals surface area contributed by atoms with E-state index in [0.717, 1.165) is 54.3 Å². The smallest absolute Gasteiger partial charge is 0.225 e. The number of nitrogens with zero attached hydrogens (tertiary/aromatic N) is 3. The lowest BCUT2D eigenvalue weighted by atomic mass is 10.00. The molecule has 1 amide bonds. The van der Waals surface area contributed by atoms with Crippen LogP contribution in [0.25, 0.3) is 11.1 Å². The molecule has 2 fully saturated rings. The van der Waals surface area contributed by atoms with Crippen molar-refractivity contribution in [1.29, 1.82) is 0 Å². The number of amides is 1. The van der Waals surface area contributed by atoms with Crippen molar-refractivity contribution in [1.82, 2.24) is 9.88 Å². The van der Waals surface area contributed by atoms with Crippen LogP contribution in [0.2, 0.25) is 0 Å². The SMILES string of the molecule is COCCC(=O)N1CCN(c2nc(C3CC3)c(-c3cccc(N)c3)cc2N)C[C@H]1C. The van der Waals surface area contributed by atoms with Gasteiger partial charge in [-0.15, -0.1) is 0 Å². The van der Waals surface area contributed by atoms with Crippen LogP contribution in [0.15, 0.2) is 30.3 Å². The molecule has 7 heteroatoms. The molecule has 30 heavy (non-hydrogen) atoms. The number of hydrogen-bond acceptors (Lipinski definition) is 6. The summed E-state index contributed by atoms with van der Waals surface area (Å²) >= 11 is 0. The number of methoxy groups -OCH3 is 1. The van der Waals surface area contributed by atoms with Crippen molar-refractivity contribution >= 4 is 23.1 Å². The number of pyridine rings is 1. The molecule has 2 heterocycles. The Hall–Kier alpha value is -2.80. The van der Waals surface area contributed by atoms with E-state index in [-0.39, 0.29) is 11.9 Å². The van der Waals surface area contributed by atoms with Crippen LogP contribution < -0.4 is 16.4 Å². The van der Waals surface area contributed by atoms with Gasteiger partial charge >= 0.3 is 0 Å². The van der Waals surface area contributed by atoms with Crippen molar-refractivity contribution in [2.75, 3.05) is 49.7 Å². The molecule has 0 spiro atoms. The Kier molecular flexibility index (Phi) is 5.81. The lowest BCUT2D eigenvalue weighted by Gasteiger charge is -2.41. The van der Waals surface area contributed by atoms with Gasteiger partial charge in [0, 0.05) is 50.0 Å². The van der Waals surface area contributed by atoms with Gasteiger partial charge in [0.25, 0.3) is 0 Å². The van der Waals surface area contributed by atoms with Crippen molar-refractivity contribution in [3.8, 4) is 11.1 Å². The fraction of sp³-hybridized carbons (Fsp3) is 0.478. The minimum absolute atomic E-state index is 0.0993. The number of carbonyl (C=O) groups is 1. The summed E-state index contributed by atoms with van der Waals surface area (Å²) < 4.78 is 5.05. The first-order chi connectivity index (χ1) is 14.5. The highest BCUT2D eigenvalue weighted by molar-refractivity contribution is 5.79. The maximum absolute atomic E-state index is 12.4. The van der Waals surface area contributed by atoms with Gasteiger partial charge in [-0.25, -0.2) is 4.98 Å². The Labute approximate surface area is 178 Å². The normalized spacial score (nSPS) is 19.2. The van der Waals surface area contributed by atoms with Gasteiger partial charge in [0.05, 0.1) is 24.4 Å². The van der Waals surface area contributed by atoms with Gasteiger partial charge in [-0.3, -0.25) is 4.79 Å². The van der Waals surface area contributed by atoms with Crippen LogP contribution in [-0.2, 0) is 9.53 Å². The average molecular weight is 410 g/mol. The third kappa shape index (κ3) is 4.21. The maximum atomic E-state index is 12.4. The van der Waals surface area contributed by atoms with E-state index in [1.54, 1.807) is 7.11 Å². The molecule has 160 valence electrons. The summed E-state index contributed by atoms with van der Waals surface area (Å²) in [7, 11) is 1.62. The number of rotatable bonds is 6. The third-order valence-corrected chi connectivity index (χ3v) is 5.99. The first kappa shape index (κ1) is 20.5. The summed E-state index contributed by atoms with van der Waals surface area (Å²) in [6, 6.07) is 10.0. The van der Waals surface area contributed by atoms with Gasteiger partial charge in [0.1, 0.15) is 0 Å². The predicted molar refractivity (Wildman–Crippen MR) is 120 cm³/mol. The Balaban J connectivity index is 1.58. The number of benzene rings is 1. The molecule has 2 aliphatic rings. The van der Waals surface area contributed by atoms with Crippen LogP contribution in [0, 0.1) is 0 Å². The van der Waals surface area contributed by atoms with Crippen LogP contribution in [0.5, 0.6) is 0 Å². The van der Waals surface area contributed by atoms with Gasteiger partial charge in [0.2, 0.25) is 5.91 Å². The highest BCUT2D eigenvalue weighted by atomic mass is 16.5. The lowest BCUT2D eigenvalue weighted by Crippen LogP contribution is -2.54. The molecule has 7 nitrogen and oxygen atoms in total. The maximum Gasteiger partial charge on any atom is 0.225 e. The van der Waals surface area contributed by atoms with E-state index in [2.05, 4.69) is 17.9 Å². The Morgan fingerprint density at radius 1 is 1.23 bits per heavy atom. The van der Waals surface area contributed by atoms with E-state index in [0.29, 0.717) is 31.2 Å². The molecule has 1 atom stereocenters. The van der Waals surface area contributed by atoms with Gasteiger partial charge < -0.3 is 26.0 Å². The monoisotopic (exact) mass is 409 g/mol. The summed E-state index contributed by atoms with van der Waals surface area (Å²) in [5.74, 6) is 1.45. The van der Waals surface area contributed by atoms with E-state index < -0.39 is 0 Å². The largest absolute Gasteiger partial charge is 0.399 e. The number of anilines is 3. The molecule has 2 aromatic rings. The molecule has 1 aliphatic carbocycles. The van der Waals surface area contributed by atoms with Crippen molar-refractivity contribution in [3.63, 3.8) is 0 Å². The van der Waals surface area contributed by atoms with Crippen LogP contribution in [0.3, 0.4) is 0 Å². The second-order valence-corrected chi connectivity index (χ2v) is 8.36. The standard InChI is InChI=1S/C23H31N5O2/c1-15-14-27(9-10-28(15)21(29)8-11-30-2)23-20(25)13-19(22(26-23)16-6-7-16)17-4-3-5-18(24)12-17/h3-5,12-13,15-16H,6-11,14,24-25H2,1-2H3/t15-/m1/s1. The highest BCUT2D eigenvalue weighted by Crippen LogP contribution is 2.45. The zero-order valence-corrected chi connectivity index (χ0v) is 17.8. The molecule has 1 saturated carbocycles. The fourth-order valence-electron chi connectivity index (χ4n) is 4.25. The van der Waals surface area contributed by atoms with E-state index in [1.807, 2.05) is 29.2 Å². The topological polar surface area (TPSA) is 97.7 Å². The summed E-state index contributed by atoms with van der Waals surface area (Å²) in [4.78, 5) is 21.6. The quantitative estimate of drug-likeness (QED) is 0.712. The van der Waals surface area contributed by atoms with E-state index >= 15 is 0 Å². The Morgan fingerprint density at radius 2 is 2.03 bits per heavy atom. The number of nitrogen functional groups attached to an aromatic ring is 2. The number of hydrogen-bond donors (Lipinski definition) is 2. The second-order valence-electron chi connectivity index (χ2n) is 8.36. The summed E-state index contributed by atoms with van der Waals surface area (Å²) in [6.45, 7) is 4.65. The van der Waals surface area contributed by atoms with Gasteiger partial charge in [-0.1, -0.05) is 12.1 Å². The Bertz CT molecular complexity index is 928. The summed E-state index contributed by atoms with van der Waals surface area (Å²) in [5, 5.41) is 0. The molecule has 0 bridgehead atoms. The van der Waals surface area contributed by atoms with Crippen LogP contribution in [-0.4, -0.2) is 55.2 Å². The second kappa shape index (κ2) is 8.52. The average Bonchev–Trinajstić information content (AvgIpc) is 3.57. The van der Waals surface area contributed by atoms with Crippen molar-refractivity contribution in [2.24, 2.45) is 0 Å². The van der Waals surface area contributed by atoms with E-state index in [1.165, 1.54) is 0 Å². The van der Waals surface area contributed by atoms with E-state index in [4.69, 9.17) is 21.2 Å². The van der Waals surface area contributed by atoms with Crippen molar-refractivity contribution < 1.29 is 9.53 Å². The predicted octanol–water partition coefficient (Wildman–Crippen LogP) is 2.86. The molecule has 4 rings (SSSR count).